The Kier molecular flexibility index (Phi) is 4.97. The number of imidazole rings is 1. The van der Waals surface area contributed by atoms with Crippen LogP contribution in [-0.2, 0) is 10.0 Å². The molecule has 1 N–H and O–H groups in total. The summed E-state index contributed by atoms with van der Waals surface area (Å²) in [4.78, 5) is 17.0. The van der Waals surface area contributed by atoms with Crippen molar-refractivity contribution in [3.8, 4) is 5.69 Å². The van der Waals surface area contributed by atoms with E-state index in [-0.39, 0.29) is 10.8 Å². The number of benzene rings is 2. The third-order valence-corrected chi connectivity index (χ3v) is 6.63. The largest absolute Gasteiger partial charge is 0.321 e. The quantitative estimate of drug-likeness (QED) is 0.719. The first kappa shape index (κ1) is 18.4. The van der Waals surface area contributed by atoms with Crippen molar-refractivity contribution in [3.63, 3.8) is 0 Å². The molecule has 1 aliphatic heterocycles. The van der Waals surface area contributed by atoms with Crippen molar-refractivity contribution in [3.05, 3.63) is 72.8 Å². The average Bonchev–Trinajstić information content (AvgIpc) is 3.41. The minimum atomic E-state index is -3.46. The number of carbonyl (C=O) groups is 1. The maximum atomic E-state index is 12.7. The van der Waals surface area contributed by atoms with Crippen LogP contribution < -0.4 is 5.32 Å². The van der Waals surface area contributed by atoms with Crippen LogP contribution in [0, 0.1) is 0 Å². The van der Waals surface area contributed by atoms with Gasteiger partial charge in [-0.3, -0.25) is 9.36 Å². The lowest BCUT2D eigenvalue weighted by molar-refractivity contribution is 0.102. The standard InChI is InChI=1S/C20H20N4O3S/c25-20(19-14-21-15-24(19)17-6-2-1-3-7-17)22-16-8-10-18(11-9-16)28(26,27)23-12-4-5-13-23/h1-3,6-11,14-15H,4-5,12-13H2,(H,22,25). The molecular formula is C20H20N4O3S. The number of aromatic nitrogens is 2. The predicted molar refractivity (Wildman–Crippen MR) is 106 cm³/mol. The SMILES string of the molecule is O=C(Nc1ccc(S(=O)(=O)N2CCCC2)cc1)c1cncn1-c1ccccc1. The van der Waals surface area contributed by atoms with Crippen molar-refractivity contribution in [1.29, 1.82) is 0 Å². The normalized spacial score (nSPS) is 14.9. The molecule has 0 saturated carbocycles. The van der Waals surface area contributed by atoms with Crippen LogP contribution in [0.4, 0.5) is 5.69 Å². The van der Waals surface area contributed by atoms with Crippen LogP contribution in [0.3, 0.4) is 0 Å². The third-order valence-electron chi connectivity index (χ3n) is 4.72. The van der Waals surface area contributed by atoms with Crippen LogP contribution >= 0.6 is 0 Å². The van der Waals surface area contributed by atoms with Crippen LogP contribution in [0.2, 0.25) is 0 Å². The number of sulfonamides is 1. The zero-order valence-electron chi connectivity index (χ0n) is 15.2. The maximum absolute atomic E-state index is 12.7. The van der Waals surface area contributed by atoms with Gasteiger partial charge >= 0.3 is 0 Å². The molecule has 2 heterocycles. The second-order valence-corrected chi connectivity index (χ2v) is 8.51. The Labute approximate surface area is 163 Å². The van der Waals surface area contributed by atoms with Crippen molar-refractivity contribution < 1.29 is 13.2 Å². The molecule has 0 unspecified atom stereocenters. The van der Waals surface area contributed by atoms with E-state index >= 15 is 0 Å². The van der Waals surface area contributed by atoms with Gasteiger partial charge in [0.1, 0.15) is 5.69 Å². The van der Waals surface area contributed by atoms with E-state index in [0.717, 1.165) is 18.5 Å². The lowest BCUT2D eigenvalue weighted by Crippen LogP contribution is -2.27. The van der Waals surface area contributed by atoms with Crippen molar-refractivity contribution in [2.75, 3.05) is 18.4 Å². The highest BCUT2D eigenvalue weighted by Crippen LogP contribution is 2.22. The molecule has 0 atom stereocenters. The van der Waals surface area contributed by atoms with Crippen molar-refractivity contribution >= 4 is 21.6 Å². The summed E-state index contributed by atoms with van der Waals surface area (Å²) in [5, 5.41) is 2.79. The molecule has 4 rings (SSSR count). The molecule has 28 heavy (non-hydrogen) atoms. The molecule has 8 heteroatoms. The fourth-order valence-electron chi connectivity index (χ4n) is 3.24. The van der Waals surface area contributed by atoms with Gasteiger partial charge in [0.05, 0.1) is 17.4 Å². The smallest absolute Gasteiger partial charge is 0.274 e. The molecule has 1 saturated heterocycles. The number of amides is 1. The first-order valence-electron chi connectivity index (χ1n) is 9.05. The Hall–Kier alpha value is -2.97. The molecule has 1 fully saturated rings. The number of anilines is 1. The fraction of sp³-hybridized carbons (Fsp3) is 0.200. The van der Waals surface area contributed by atoms with Crippen LogP contribution in [0.1, 0.15) is 23.3 Å². The molecule has 2 aromatic carbocycles. The van der Waals surface area contributed by atoms with E-state index in [1.54, 1.807) is 23.0 Å². The van der Waals surface area contributed by atoms with Gasteiger partial charge in [0.15, 0.2) is 0 Å². The summed E-state index contributed by atoms with van der Waals surface area (Å²) in [6.45, 7) is 1.12. The summed E-state index contributed by atoms with van der Waals surface area (Å²) in [6, 6.07) is 15.7. The van der Waals surface area contributed by atoms with Gasteiger partial charge in [0.25, 0.3) is 5.91 Å². The van der Waals surface area contributed by atoms with E-state index in [9.17, 15) is 13.2 Å². The second kappa shape index (κ2) is 7.57. The van der Waals surface area contributed by atoms with Crippen molar-refractivity contribution in [2.45, 2.75) is 17.7 Å². The Bertz CT molecular complexity index is 1070. The van der Waals surface area contributed by atoms with Crippen LogP contribution in [0.25, 0.3) is 5.69 Å². The number of hydrogen-bond acceptors (Lipinski definition) is 4. The molecule has 1 amide bonds. The van der Waals surface area contributed by atoms with E-state index < -0.39 is 10.0 Å². The van der Waals surface area contributed by atoms with Gasteiger partial charge in [-0.05, 0) is 49.2 Å². The lowest BCUT2D eigenvalue weighted by atomic mass is 10.3. The van der Waals surface area contributed by atoms with Crippen LogP contribution in [0.15, 0.2) is 72.0 Å². The summed E-state index contributed by atoms with van der Waals surface area (Å²) in [6.07, 6.45) is 4.86. The van der Waals surface area contributed by atoms with Gasteiger partial charge in [0, 0.05) is 24.5 Å². The molecule has 1 aliphatic rings. The minimum Gasteiger partial charge on any atom is -0.321 e. The van der Waals surface area contributed by atoms with Gasteiger partial charge in [0.2, 0.25) is 10.0 Å². The number of nitrogens with zero attached hydrogens (tertiary/aromatic N) is 3. The van der Waals surface area contributed by atoms with E-state index in [4.69, 9.17) is 0 Å². The molecular weight excluding hydrogens is 376 g/mol. The topological polar surface area (TPSA) is 84.3 Å². The zero-order valence-corrected chi connectivity index (χ0v) is 16.0. The third kappa shape index (κ3) is 3.56. The number of para-hydroxylation sites is 1. The molecule has 0 aliphatic carbocycles. The second-order valence-electron chi connectivity index (χ2n) is 6.57. The Balaban J connectivity index is 1.51. The molecule has 1 aromatic heterocycles. The summed E-state index contributed by atoms with van der Waals surface area (Å²) in [5.41, 5.74) is 1.74. The van der Waals surface area contributed by atoms with E-state index in [1.165, 1.54) is 22.6 Å². The summed E-state index contributed by atoms with van der Waals surface area (Å²) < 4.78 is 28.4. The van der Waals surface area contributed by atoms with Crippen LogP contribution in [-0.4, -0.2) is 41.3 Å². The average molecular weight is 396 g/mol. The lowest BCUT2D eigenvalue weighted by Gasteiger charge is -2.15. The molecule has 7 nitrogen and oxygen atoms in total. The van der Waals surface area contributed by atoms with Crippen molar-refractivity contribution in [2.24, 2.45) is 0 Å². The molecule has 0 spiro atoms. The first-order valence-corrected chi connectivity index (χ1v) is 10.5. The Morgan fingerprint density at radius 2 is 1.64 bits per heavy atom. The van der Waals surface area contributed by atoms with Gasteiger partial charge in [-0.1, -0.05) is 18.2 Å². The highest BCUT2D eigenvalue weighted by Gasteiger charge is 2.27. The number of nitrogens with one attached hydrogen (secondary N) is 1. The van der Waals surface area contributed by atoms with E-state index in [1.807, 2.05) is 30.3 Å². The molecule has 0 bridgehead atoms. The van der Waals surface area contributed by atoms with Gasteiger partial charge in [-0.25, -0.2) is 13.4 Å². The van der Waals surface area contributed by atoms with Gasteiger partial charge < -0.3 is 5.32 Å². The molecule has 3 aromatic rings. The number of carbonyl (C=O) groups excluding carboxylic acids is 1. The van der Waals surface area contributed by atoms with E-state index in [2.05, 4.69) is 10.3 Å². The fourth-order valence-corrected chi connectivity index (χ4v) is 4.76. The summed E-state index contributed by atoms with van der Waals surface area (Å²) in [5.74, 6) is -0.323. The Morgan fingerprint density at radius 3 is 2.32 bits per heavy atom. The highest BCUT2D eigenvalue weighted by atomic mass is 32.2. The maximum Gasteiger partial charge on any atom is 0.274 e. The van der Waals surface area contributed by atoms with E-state index in [0.29, 0.717) is 24.5 Å². The minimum absolute atomic E-state index is 0.238. The summed E-state index contributed by atoms with van der Waals surface area (Å²) in [7, 11) is -3.46. The van der Waals surface area contributed by atoms with Crippen molar-refractivity contribution in [1.82, 2.24) is 13.9 Å². The first-order chi connectivity index (χ1) is 13.6. The van der Waals surface area contributed by atoms with Gasteiger partial charge in [-0.2, -0.15) is 4.31 Å². The highest BCUT2D eigenvalue weighted by molar-refractivity contribution is 7.89. The number of hydrogen-bond donors (Lipinski definition) is 1. The summed E-state index contributed by atoms with van der Waals surface area (Å²) >= 11 is 0. The predicted octanol–water partition coefficient (Wildman–Crippen LogP) is 2.91. The molecule has 144 valence electrons. The van der Waals surface area contributed by atoms with Gasteiger partial charge in [-0.15, -0.1) is 0 Å². The zero-order chi connectivity index (χ0) is 19.6. The Morgan fingerprint density at radius 1 is 0.964 bits per heavy atom. The molecule has 0 radical (unpaired) electrons. The van der Waals surface area contributed by atoms with Crippen LogP contribution in [0.5, 0.6) is 0 Å². The monoisotopic (exact) mass is 396 g/mol. The number of rotatable bonds is 5.